The minimum absolute atomic E-state index is 0.0275. The van der Waals surface area contributed by atoms with Gasteiger partial charge >= 0.3 is 7.12 Å². The summed E-state index contributed by atoms with van der Waals surface area (Å²) in [6.45, 7) is 5.48. The molecule has 1 aromatic heterocycles. The van der Waals surface area contributed by atoms with Crippen molar-refractivity contribution in [1.29, 1.82) is 0 Å². The molecule has 3 heterocycles. The molecule has 98 valence electrons. The van der Waals surface area contributed by atoms with E-state index in [0.717, 1.165) is 25.0 Å². The Bertz CT molecular complexity index is 415. The first-order valence-corrected chi connectivity index (χ1v) is 6.60. The molecule has 3 rings (SSSR count). The van der Waals surface area contributed by atoms with Crippen molar-refractivity contribution in [2.24, 2.45) is 0 Å². The first-order chi connectivity index (χ1) is 8.66. The van der Waals surface area contributed by atoms with Crippen molar-refractivity contribution in [2.45, 2.75) is 44.9 Å². The number of nitrogens with zero attached hydrogens (tertiary/aromatic N) is 2. The maximum atomic E-state index is 5.89. The molecule has 2 saturated heterocycles. The van der Waals surface area contributed by atoms with Gasteiger partial charge < -0.3 is 14.0 Å². The van der Waals surface area contributed by atoms with Crippen LogP contribution in [0.3, 0.4) is 0 Å². The van der Waals surface area contributed by atoms with Gasteiger partial charge in [0.25, 0.3) is 0 Å². The Balaban J connectivity index is 1.79. The largest absolute Gasteiger partial charge is 0.513 e. The molecule has 0 amide bonds. The van der Waals surface area contributed by atoms with Crippen LogP contribution in [0.1, 0.15) is 39.3 Å². The van der Waals surface area contributed by atoms with E-state index in [9.17, 15) is 0 Å². The molecule has 0 saturated carbocycles. The third-order valence-electron chi connectivity index (χ3n) is 3.38. The second-order valence-corrected chi connectivity index (χ2v) is 5.54. The standard InChI is InChI=1S/C12H19BN2O3/c1-12(2)9-17-13(18-12)10-6-7-14-15(10)11-5-3-4-8-16-11/h6-7,11H,3-5,8-9H2,1-2H3. The first-order valence-electron chi connectivity index (χ1n) is 6.60. The molecular weight excluding hydrogens is 231 g/mol. The van der Waals surface area contributed by atoms with Crippen LogP contribution >= 0.6 is 0 Å². The topological polar surface area (TPSA) is 45.5 Å². The Morgan fingerprint density at radius 1 is 1.44 bits per heavy atom. The maximum absolute atomic E-state index is 5.89. The average molecular weight is 250 g/mol. The third kappa shape index (κ3) is 2.32. The van der Waals surface area contributed by atoms with Crippen LogP contribution in [0.15, 0.2) is 12.3 Å². The quantitative estimate of drug-likeness (QED) is 0.737. The van der Waals surface area contributed by atoms with Gasteiger partial charge in [0.1, 0.15) is 6.23 Å². The summed E-state index contributed by atoms with van der Waals surface area (Å²) in [4.78, 5) is 0. The molecule has 0 aliphatic carbocycles. The van der Waals surface area contributed by atoms with Crippen molar-refractivity contribution in [3.05, 3.63) is 12.3 Å². The highest BCUT2D eigenvalue weighted by molar-refractivity contribution is 6.61. The summed E-state index contributed by atoms with van der Waals surface area (Å²) in [7, 11) is -0.326. The highest BCUT2D eigenvalue weighted by Gasteiger charge is 2.41. The van der Waals surface area contributed by atoms with Crippen LogP contribution in [-0.2, 0) is 14.0 Å². The van der Waals surface area contributed by atoms with Crippen molar-refractivity contribution >= 4 is 12.7 Å². The number of hydrogen-bond donors (Lipinski definition) is 0. The summed E-state index contributed by atoms with van der Waals surface area (Å²) >= 11 is 0. The van der Waals surface area contributed by atoms with Crippen LogP contribution in [0.2, 0.25) is 0 Å². The number of ether oxygens (including phenoxy) is 1. The van der Waals surface area contributed by atoms with Crippen molar-refractivity contribution in [3.8, 4) is 0 Å². The van der Waals surface area contributed by atoms with Crippen molar-refractivity contribution in [1.82, 2.24) is 9.78 Å². The summed E-state index contributed by atoms with van der Waals surface area (Å²) in [6, 6.07) is 1.95. The van der Waals surface area contributed by atoms with E-state index in [1.54, 1.807) is 6.20 Å². The summed E-state index contributed by atoms with van der Waals surface area (Å²) in [5, 5.41) is 4.36. The fourth-order valence-corrected chi connectivity index (χ4v) is 2.45. The van der Waals surface area contributed by atoms with Crippen molar-refractivity contribution in [3.63, 3.8) is 0 Å². The Hall–Kier alpha value is -0.845. The molecule has 0 spiro atoms. The van der Waals surface area contributed by atoms with Gasteiger partial charge in [-0.05, 0) is 39.2 Å². The molecule has 2 aliphatic rings. The fourth-order valence-electron chi connectivity index (χ4n) is 2.45. The highest BCUT2D eigenvalue weighted by Crippen LogP contribution is 2.23. The lowest BCUT2D eigenvalue weighted by molar-refractivity contribution is -0.0379. The van der Waals surface area contributed by atoms with E-state index in [0.29, 0.717) is 6.61 Å². The molecular formula is C12H19BN2O3. The second kappa shape index (κ2) is 4.68. The van der Waals surface area contributed by atoms with E-state index in [4.69, 9.17) is 14.0 Å². The summed E-state index contributed by atoms with van der Waals surface area (Å²) < 4.78 is 19.3. The molecule has 0 aromatic carbocycles. The normalized spacial score (nSPS) is 27.7. The second-order valence-electron chi connectivity index (χ2n) is 5.54. The van der Waals surface area contributed by atoms with Gasteiger partial charge in [-0.2, -0.15) is 5.10 Å². The average Bonchev–Trinajstić information content (AvgIpc) is 2.96. The van der Waals surface area contributed by atoms with E-state index in [-0.39, 0.29) is 18.9 Å². The molecule has 6 heteroatoms. The zero-order chi connectivity index (χ0) is 12.6. The van der Waals surface area contributed by atoms with E-state index >= 15 is 0 Å². The molecule has 0 radical (unpaired) electrons. The first kappa shape index (κ1) is 12.2. The maximum Gasteiger partial charge on any atom is 0.513 e. The number of aromatic nitrogens is 2. The van der Waals surface area contributed by atoms with Gasteiger partial charge in [-0.15, -0.1) is 0 Å². The lowest BCUT2D eigenvalue weighted by Gasteiger charge is -2.25. The Morgan fingerprint density at radius 3 is 3.00 bits per heavy atom. The number of hydrogen-bond acceptors (Lipinski definition) is 4. The van der Waals surface area contributed by atoms with Gasteiger partial charge in [0.05, 0.1) is 17.8 Å². The fraction of sp³-hybridized carbons (Fsp3) is 0.750. The monoisotopic (exact) mass is 250 g/mol. The lowest BCUT2D eigenvalue weighted by atomic mass is 9.84. The predicted octanol–water partition coefficient (Wildman–Crippen LogP) is 1.10. The predicted molar refractivity (Wildman–Crippen MR) is 67.6 cm³/mol. The zero-order valence-corrected chi connectivity index (χ0v) is 11.0. The van der Waals surface area contributed by atoms with E-state index in [1.807, 2.05) is 24.6 Å². The van der Waals surface area contributed by atoms with Crippen LogP contribution in [0.4, 0.5) is 0 Å². The van der Waals surface area contributed by atoms with Gasteiger partial charge in [0.15, 0.2) is 0 Å². The van der Waals surface area contributed by atoms with Crippen LogP contribution in [0.5, 0.6) is 0 Å². The Morgan fingerprint density at radius 2 is 2.33 bits per heavy atom. The van der Waals surface area contributed by atoms with Gasteiger partial charge in [-0.25, -0.2) is 4.68 Å². The number of rotatable bonds is 2. The van der Waals surface area contributed by atoms with E-state index in [2.05, 4.69) is 5.10 Å². The van der Waals surface area contributed by atoms with E-state index < -0.39 is 0 Å². The Labute approximate surface area is 108 Å². The molecule has 1 aromatic rings. The summed E-state index contributed by atoms with van der Waals surface area (Å²) in [5.74, 6) is 0. The molecule has 18 heavy (non-hydrogen) atoms. The van der Waals surface area contributed by atoms with Crippen LogP contribution in [0.25, 0.3) is 0 Å². The van der Waals surface area contributed by atoms with Gasteiger partial charge in [0, 0.05) is 12.8 Å². The molecule has 0 bridgehead atoms. The minimum Gasteiger partial charge on any atom is -0.403 e. The lowest BCUT2D eigenvalue weighted by Crippen LogP contribution is -2.42. The zero-order valence-electron chi connectivity index (χ0n) is 11.0. The van der Waals surface area contributed by atoms with Gasteiger partial charge in [-0.1, -0.05) is 0 Å². The highest BCUT2D eigenvalue weighted by atomic mass is 16.7. The van der Waals surface area contributed by atoms with Crippen LogP contribution in [-0.4, -0.2) is 35.7 Å². The molecule has 0 N–H and O–H groups in total. The minimum atomic E-state index is -0.326. The van der Waals surface area contributed by atoms with Gasteiger partial charge in [-0.3, -0.25) is 0 Å². The molecule has 1 atom stereocenters. The molecule has 5 nitrogen and oxygen atoms in total. The summed E-state index contributed by atoms with van der Waals surface area (Å²) in [6.07, 6.45) is 5.13. The van der Waals surface area contributed by atoms with E-state index in [1.165, 1.54) is 6.42 Å². The third-order valence-corrected chi connectivity index (χ3v) is 3.38. The SMILES string of the molecule is CC1(C)COB(c2ccnn2C2CCCCO2)O1. The van der Waals surface area contributed by atoms with Crippen molar-refractivity contribution in [2.75, 3.05) is 13.2 Å². The molecule has 1 unspecified atom stereocenters. The van der Waals surface area contributed by atoms with Crippen molar-refractivity contribution < 1.29 is 14.0 Å². The van der Waals surface area contributed by atoms with Gasteiger partial charge in [0.2, 0.25) is 0 Å². The summed E-state index contributed by atoms with van der Waals surface area (Å²) in [5.41, 5.74) is 0.722. The molecule has 2 aliphatic heterocycles. The Kier molecular flexibility index (Phi) is 3.17. The smallest absolute Gasteiger partial charge is 0.403 e. The molecule has 2 fully saturated rings. The van der Waals surface area contributed by atoms with Crippen LogP contribution < -0.4 is 5.59 Å². The van der Waals surface area contributed by atoms with Crippen LogP contribution in [0, 0.1) is 0 Å².